The van der Waals surface area contributed by atoms with E-state index in [1.165, 1.54) is 16.0 Å². The Balaban J connectivity index is 1.86. The maximum absolute atomic E-state index is 14.2. The lowest BCUT2D eigenvalue weighted by Crippen LogP contribution is -2.58. The third-order valence-corrected chi connectivity index (χ3v) is 4.82. The van der Waals surface area contributed by atoms with E-state index in [1.807, 2.05) is 25.1 Å². The molecule has 164 valence electrons. The van der Waals surface area contributed by atoms with E-state index in [4.69, 9.17) is 0 Å². The van der Waals surface area contributed by atoms with Gasteiger partial charge in [0.25, 0.3) is 11.8 Å². The Morgan fingerprint density at radius 3 is 2.48 bits per heavy atom. The molecular formula is C22H25F2N5O2. The molecule has 0 aromatic heterocycles. The normalized spacial score (nSPS) is 16.2. The monoisotopic (exact) mass is 429 g/mol. The van der Waals surface area contributed by atoms with Gasteiger partial charge in [-0.25, -0.2) is 18.8 Å². The van der Waals surface area contributed by atoms with Crippen LogP contribution in [0.25, 0.3) is 0 Å². The summed E-state index contributed by atoms with van der Waals surface area (Å²) in [7, 11) is 3.71. The van der Waals surface area contributed by atoms with Gasteiger partial charge < -0.3 is 9.80 Å². The average Bonchev–Trinajstić information content (AvgIpc) is 2.74. The fourth-order valence-corrected chi connectivity index (χ4v) is 3.08. The average molecular weight is 429 g/mol. The fraction of sp³-hybridized carbons (Fsp3) is 0.318. The zero-order valence-corrected chi connectivity index (χ0v) is 17.7. The minimum Gasteiger partial charge on any atom is -0.330 e. The topological polar surface area (TPSA) is 68.2 Å². The molecule has 2 amide bonds. The molecule has 1 aliphatic rings. The standard InChI is InChI=1S/C22H25F2N5O2/c1-15-21(30)29(18-7-5-4-6-8-18)26-20(25-15)22(31)28(12-11-27(2)3)14-16-9-10-17(23)13-19(16)24/h4-10,13,15H,11-12,14H2,1-3H3,(H,25,26). The van der Waals surface area contributed by atoms with Crippen molar-refractivity contribution < 1.29 is 18.4 Å². The van der Waals surface area contributed by atoms with Crippen molar-refractivity contribution in [2.45, 2.75) is 19.5 Å². The van der Waals surface area contributed by atoms with Crippen molar-refractivity contribution in [3.8, 4) is 0 Å². The summed E-state index contributed by atoms with van der Waals surface area (Å²) >= 11 is 0. The van der Waals surface area contributed by atoms with E-state index < -0.39 is 23.6 Å². The van der Waals surface area contributed by atoms with Crippen molar-refractivity contribution in [3.63, 3.8) is 0 Å². The van der Waals surface area contributed by atoms with Gasteiger partial charge >= 0.3 is 0 Å². The lowest BCUT2D eigenvalue weighted by Gasteiger charge is -2.33. The van der Waals surface area contributed by atoms with Crippen molar-refractivity contribution in [1.29, 1.82) is 0 Å². The van der Waals surface area contributed by atoms with E-state index in [0.717, 1.165) is 12.1 Å². The van der Waals surface area contributed by atoms with Gasteiger partial charge in [-0.3, -0.25) is 15.0 Å². The Morgan fingerprint density at radius 2 is 1.84 bits per heavy atom. The van der Waals surface area contributed by atoms with Gasteiger partial charge in [-0.15, -0.1) is 0 Å². The fourth-order valence-electron chi connectivity index (χ4n) is 3.08. The van der Waals surface area contributed by atoms with Crippen LogP contribution in [0.3, 0.4) is 0 Å². The molecule has 3 rings (SSSR count). The zero-order chi connectivity index (χ0) is 22.5. The molecule has 0 saturated carbocycles. The molecule has 0 saturated heterocycles. The number of para-hydroxylation sites is 1. The second-order valence-corrected chi connectivity index (χ2v) is 7.54. The van der Waals surface area contributed by atoms with Gasteiger partial charge in [0.05, 0.1) is 5.69 Å². The number of hydrogen-bond acceptors (Lipinski definition) is 5. The predicted octanol–water partition coefficient (Wildman–Crippen LogP) is 2.19. The van der Waals surface area contributed by atoms with Crippen molar-refractivity contribution in [2.24, 2.45) is 4.99 Å². The zero-order valence-electron chi connectivity index (χ0n) is 17.7. The van der Waals surface area contributed by atoms with E-state index >= 15 is 0 Å². The highest BCUT2D eigenvalue weighted by molar-refractivity contribution is 6.39. The van der Waals surface area contributed by atoms with Gasteiger partial charge in [0.2, 0.25) is 5.84 Å². The van der Waals surface area contributed by atoms with Gasteiger partial charge in [-0.1, -0.05) is 24.3 Å². The summed E-state index contributed by atoms with van der Waals surface area (Å²) in [6, 6.07) is 11.4. The van der Waals surface area contributed by atoms with E-state index in [2.05, 4.69) is 10.4 Å². The molecule has 0 fully saturated rings. The molecule has 7 nitrogen and oxygen atoms in total. The van der Waals surface area contributed by atoms with Crippen LogP contribution in [0.1, 0.15) is 12.5 Å². The van der Waals surface area contributed by atoms with E-state index in [0.29, 0.717) is 12.2 Å². The first-order valence-electron chi connectivity index (χ1n) is 9.87. The predicted molar refractivity (Wildman–Crippen MR) is 114 cm³/mol. The van der Waals surface area contributed by atoms with Gasteiger partial charge in [-0.05, 0) is 39.2 Å². The van der Waals surface area contributed by atoms with Crippen LogP contribution in [-0.2, 0) is 16.1 Å². The van der Waals surface area contributed by atoms with Crippen LogP contribution in [0.15, 0.2) is 53.5 Å². The molecule has 1 heterocycles. The quantitative estimate of drug-likeness (QED) is 0.733. The number of aliphatic imine (C=N–C) groups is 1. The van der Waals surface area contributed by atoms with Crippen LogP contribution in [0.2, 0.25) is 0 Å². The molecule has 0 bridgehead atoms. The number of hydrazine groups is 1. The Bertz CT molecular complexity index is 981. The molecule has 2 aromatic rings. The van der Waals surface area contributed by atoms with Crippen LogP contribution < -0.4 is 10.4 Å². The van der Waals surface area contributed by atoms with Crippen molar-refractivity contribution in [2.75, 3.05) is 32.2 Å². The largest absolute Gasteiger partial charge is 0.330 e. The number of benzene rings is 2. The number of carbonyl (C=O) groups excluding carboxylic acids is 2. The highest BCUT2D eigenvalue weighted by atomic mass is 19.1. The summed E-state index contributed by atoms with van der Waals surface area (Å²) < 4.78 is 27.5. The van der Waals surface area contributed by atoms with Gasteiger partial charge in [0.15, 0.2) is 0 Å². The Kier molecular flexibility index (Phi) is 6.96. The summed E-state index contributed by atoms with van der Waals surface area (Å²) in [5.74, 6) is -2.21. The highest BCUT2D eigenvalue weighted by Crippen LogP contribution is 2.17. The third kappa shape index (κ3) is 5.43. The molecule has 1 N–H and O–H groups in total. The number of hydrogen-bond donors (Lipinski definition) is 1. The number of nitrogens with zero attached hydrogens (tertiary/aromatic N) is 4. The Hall–Kier alpha value is -3.33. The summed E-state index contributed by atoms with van der Waals surface area (Å²) in [5.41, 5.74) is 3.56. The van der Waals surface area contributed by atoms with Gasteiger partial charge in [0.1, 0.15) is 17.7 Å². The number of halogens is 2. The number of nitrogens with one attached hydrogen (secondary N) is 1. The van der Waals surface area contributed by atoms with Crippen molar-refractivity contribution in [3.05, 3.63) is 65.7 Å². The smallest absolute Gasteiger partial charge is 0.291 e. The minimum absolute atomic E-state index is 0.0165. The summed E-state index contributed by atoms with van der Waals surface area (Å²) in [6.45, 7) is 2.36. The van der Waals surface area contributed by atoms with Crippen LogP contribution >= 0.6 is 0 Å². The summed E-state index contributed by atoms with van der Waals surface area (Å²) in [6.07, 6.45) is 0. The van der Waals surface area contributed by atoms with Crippen LogP contribution in [-0.4, -0.2) is 60.7 Å². The maximum atomic E-state index is 14.2. The lowest BCUT2D eigenvalue weighted by atomic mass is 10.2. The number of anilines is 1. The Labute approximate surface area is 179 Å². The summed E-state index contributed by atoms with van der Waals surface area (Å²) in [5, 5.41) is 1.29. The minimum atomic E-state index is -0.765. The van der Waals surface area contributed by atoms with Gasteiger partial charge in [-0.2, -0.15) is 0 Å². The second kappa shape index (κ2) is 9.65. The molecule has 1 aliphatic heterocycles. The first kappa shape index (κ1) is 22.4. The van der Waals surface area contributed by atoms with E-state index in [9.17, 15) is 18.4 Å². The van der Waals surface area contributed by atoms with Gasteiger partial charge in [0, 0.05) is 31.3 Å². The third-order valence-electron chi connectivity index (χ3n) is 4.82. The van der Waals surface area contributed by atoms with Crippen LogP contribution in [0, 0.1) is 11.6 Å². The lowest BCUT2D eigenvalue weighted by molar-refractivity contribution is -0.125. The molecule has 31 heavy (non-hydrogen) atoms. The first-order chi connectivity index (χ1) is 14.8. The number of amides is 2. The number of carbonyl (C=O) groups is 2. The molecule has 1 unspecified atom stereocenters. The van der Waals surface area contributed by atoms with Crippen LogP contribution in [0.5, 0.6) is 0 Å². The highest BCUT2D eigenvalue weighted by Gasteiger charge is 2.32. The molecule has 0 aliphatic carbocycles. The molecule has 1 atom stereocenters. The van der Waals surface area contributed by atoms with Crippen LogP contribution in [0.4, 0.5) is 14.5 Å². The van der Waals surface area contributed by atoms with Crippen molar-refractivity contribution in [1.82, 2.24) is 15.2 Å². The number of rotatable bonds is 7. The second-order valence-electron chi connectivity index (χ2n) is 7.54. The van der Waals surface area contributed by atoms with E-state index in [1.54, 1.807) is 31.2 Å². The molecule has 0 radical (unpaired) electrons. The first-order valence-corrected chi connectivity index (χ1v) is 9.87. The van der Waals surface area contributed by atoms with Crippen molar-refractivity contribution >= 4 is 23.3 Å². The Morgan fingerprint density at radius 1 is 1.13 bits per heavy atom. The number of likely N-dealkylation sites (N-methyl/N-ethyl adjacent to an activating group) is 1. The van der Waals surface area contributed by atoms with E-state index in [-0.39, 0.29) is 30.4 Å². The molecule has 9 heteroatoms. The summed E-state index contributed by atoms with van der Waals surface area (Å²) in [4.78, 5) is 33.4. The molecule has 0 spiro atoms. The molecular weight excluding hydrogens is 404 g/mol. The SMILES string of the molecule is CC1N=C(C(=O)N(CCN(C)C)Cc2ccc(F)cc2F)NN(c2ccccc2)C1=O. The maximum Gasteiger partial charge on any atom is 0.291 e. The number of amidine groups is 1. The molecule has 2 aromatic carbocycles.